The topological polar surface area (TPSA) is 96.9 Å². The lowest BCUT2D eigenvalue weighted by Crippen LogP contribution is -2.32. The Morgan fingerprint density at radius 2 is 1.59 bits per heavy atom. The third-order valence-corrected chi connectivity index (χ3v) is 5.01. The van der Waals surface area contributed by atoms with Crippen molar-refractivity contribution < 1.29 is 19.1 Å². The van der Waals surface area contributed by atoms with Gasteiger partial charge in [-0.15, -0.1) is 0 Å². The molecular formula is C22H14BrCl2N3O4. The van der Waals surface area contributed by atoms with Gasteiger partial charge in [-0.3, -0.25) is 9.59 Å². The number of nitrogens with one attached hydrogen (secondary N) is 2. The van der Waals surface area contributed by atoms with Crippen LogP contribution in [0.15, 0.2) is 76.3 Å². The lowest BCUT2D eigenvalue weighted by Gasteiger charge is -2.06. The number of rotatable bonds is 5. The van der Waals surface area contributed by atoms with Crippen molar-refractivity contribution in [2.75, 3.05) is 5.32 Å². The van der Waals surface area contributed by atoms with E-state index in [-0.39, 0.29) is 16.3 Å². The van der Waals surface area contributed by atoms with Crippen LogP contribution in [0.1, 0.15) is 15.9 Å². The monoisotopic (exact) mass is 533 g/mol. The summed E-state index contributed by atoms with van der Waals surface area (Å²) >= 11 is 15.1. The van der Waals surface area contributed by atoms with Gasteiger partial charge in [0.25, 0.3) is 0 Å². The molecule has 10 heteroatoms. The smallest absolute Gasteiger partial charge is 0.345 e. The van der Waals surface area contributed by atoms with E-state index in [1.807, 2.05) is 0 Å². The van der Waals surface area contributed by atoms with E-state index in [0.29, 0.717) is 16.3 Å². The molecule has 0 fully saturated rings. The molecule has 162 valence electrons. The fraction of sp³-hybridized carbons (Fsp3) is 0. The van der Waals surface area contributed by atoms with E-state index in [2.05, 4.69) is 31.8 Å². The van der Waals surface area contributed by atoms with Crippen LogP contribution in [0.3, 0.4) is 0 Å². The summed E-state index contributed by atoms with van der Waals surface area (Å²) in [6.07, 6.45) is 1.34. The van der Waals surface area contributed by atoms with Crippen molar-refractivity contribution in [3.8, 4) is 5.75 Å². The number of hydrogen-bond acceptors (Lipinski definition) is 5. The highest BCUT2D eigenvalue weighted by Crippen LogP contribution is 2.23. The van der Waals surface area contributed by atoms with Crippen molar-refractivity contribution >= 4 is 68.8 Å². The van der Waals surface area contributed by atoms with Crippen LogP contribution in [0, 0.1) is 0 Å². The number of benzene rings is 3. The van der Waals surface area contributed by atoms with Gasteiger partial charge in [0.15, 0.2) is 0 Å². The van der Waals surface area contributed by atoms with Crippen molar-refractivity contribution in [1.82, 2.24) is 5.43 Å². The molecule has 0 aromatic heterocycles. The number of amides is 2. The second-order valence-electron chi connectivity index (χ2n) is 6.24. The first kappa shape index (κ1) is 23.5. The molecule has 2 amide bonds. The van der Waals surface area contributed by atoms with E-state index in [1.165, 1.54) is 24.4 Å². The van der Waals surface area contributed by atoms with E-state index in [1.54, 1.807) is 48.5 Å². The minimum atomic E-state index is -0.922. The van der Waals surface area contributed by atoms with Crippen LogP contribution in [0.5, 0.6) is 5.75 Å². The summed E-state index contributed by atoms with van der Waals surface area (Å²) in [6, 6.07) is 17.5. The number of halogens is 3. The molecule has 3 rings (SSSR count). The molecule has 0 bridgehead atoms. The van der Waals surface area contributed by atoms with E-state index >= 15 is 0 Å². The fourth-order valence-electron chi connectivity index (χ4n) is 2.38. The summed E-state index contributed by atoms with van der Waals surface area (Å²) in [7, 11) is 0. The molecule has 0 radical (unpaired) electrons. The van der Waals surface area contributed by atoms with Gasteiger partial charge < -0.3 is 10.1 Å². The Labute approximate surface area is 201 Å². The Bertz CT molecular complexity index is 1180. The third kappa shape index (κ3) is 6.65. The normalized spacial score (nSPS) is 10.6. The molecule has 0 spiro atoms. The highest BCUT2D eigenvalue weighted by molar-refractivity contribution is 9.10. The molecule has 0 heterocycles. The van der Waals surface area contributed by atoms with Gasteiger partial charge in [0.1, 0.15) is 5.75 Å². The van der Waals surface area contributed by atoms with Crippen molar-refractivity contribution in [2.24, 2.45) is 5.10 Å². The molecule has 0 aliphatic heterocycles. The van der Waals surface area contributed by atoms with Gasteiger partial charge in [-0.25, -0.2) is 10.2 Å². The second kappa shape index (κ2) is 10.9. The average Bonchev–Trinajstić information content (AvgIpc) is 2.76. The summed E-state index contributed by atoms with van der Waals surface area (Å²) in [6.45, 7) is 0. The Hall–Kier alpha value is -3.20. The highest BCUT2D eigenvalue weighted by atomic mass is 79.9. The molecule has 0 saturated carbocycles. The van der Waals surface area contributed by atoms with Gasteiger partial charge >= 0.3 is 17.8 Å². The van der Waals surface area contributed by atoms with Crippen molar-refractivity contribution in [2.45, 2.75) is 0 Å². The quantitative estimate of drug-likeness (QED) is 0.157. The number of ether oxygens (including phenoxy) is 1. The van der Waals surface area contributed by atoms with Crippen molar-refractivity contribution in [3.63, 3.8) is 0 Å². The van der Waals surface area contributed by atoms with E-state index in [9.17, 15) is 14.4 Å². The maximum absolute atomic E-state index is 12.2. The Morgan fingerprint density at radius 3 is 2.25 bits per heavy atom. The van der Waals surface area contributed by atoms with E-state index in [4.69, 9.17) is 27.9 Å². The van der Waals surface area contributed by atoms with Gasteiger partial charge in [0.05, 0.1) is 16.8 Å². The number of anilines is 1. The molecule has 0 saturated heterocycles. The predicted octanol–water partition coefficient (Wildman–Crippen LogP) is 5.06. The molecule has 32 heavy (non-hydrogen) atoms. The van der Waals surface area contributed by atoms with Gasteiger partial charge in [-0.05, 0) is 72.3 Å². The molecule has 2 N–H and O–H groups in total. The number of carbonyl (C=O) groups is 3. The second-order valence-corrected chi connectivity index (χ2v) is 8.00. The third-order valence-electron chi connectivity index (χ3n) is 3.93. The molecular weight excluding hydrogens is 521 g/mol. The number of esters is 1. The zero-order chi connectivity index (χ0) is 23.1. The summed E-state index contributed by atoms with van der Waals surface area (Å²) in [4.78, 5) is 35.9. The minimum Gasteiger partial charge on any atom is -0.423 e. The first-order valence-electron chi connectivity index (χ1n) is 8.99. The molecule has 0 aliphatic rings. The number of hydrogen-bond donors (Lipinski definition) is 2. The van der Waals surface area contributed by atoms with Crippen LogP contribution in [0.2, 0.25) is 10.0 Å². The first-order valence-corrected chi connectivity index (χ1v) is 10.5. The summed E-state index contributed by atoms with van der Waals surface area (Å²) in [5.74, 6) is -2.12. The van der Waals surface area contributed by atoms with Gasteiger partial charge in [0.2, 0.25) is 0 Å². The standard InChI is InChI=1S/C22H14BrCl2N3O4/c23-14-3-6-16(7-4-14)27-20(29)21(30)28-26-12-13-1-8-17(9-2-13)32-22(31)18-10-5-15(24)11-19(18)25/h1-12H,(H,27,29)(H,28,30). The number of nitrogens with zero attached hydrogens (tertiary/aromatic N) is 1. The minimum absolute atomic E-state index is 0.186. The summed E-state index contributed by atoms with van der Waals surface area (Å²) in [5.41, 5.74) is 3.40. The lowest BCUT2D eigenvalue weighted by atomic mass is 10.2. The molecule has 0 aliphatic carbocycles. The maximum atomic E-state index is 12.2. The van der Waals surface area contributed by atoms with E-state index < -0.39 is 17.8 Å². The number of hydrazone groups is 1. The average molecular weight is 535 g/mol. The maximum Gasteiger partial charge on any atom is 0.345 e. The molecule has 0 unspecified atom stereocenters. The number of carbonyl (C=O) groups excluding carboxylic acids is 3. The van der Waals surface area contributed by atoms with Crippen LogP contribution < -0.4 is 15.5 Å². The van der Waals surface area contributed by atoms with Crippen LogP contribution in [-0.4, -0.2) is 24.0 Å². The van der Waals surface area contributed by atoms with Crippen molar-refractivity contribution in [3.05, 3.63) is 92.4 Å². The van der Waals surface area contributed by atoms with Gasteiger partial charge in [-0.1, -0.05) is 39.1 Å². The highest BCUT2D eigenvalue weighted by Gasteiger charge is 2.14. The summed E-state index contributed by atoms with van der Waals surface area (Å²) in [5, 5.41) is 6.80. The SMILES string of the molecule is O=C(NN=Cc1ccc(OC(=O)c2ccc(Cl)cc2Cl)cc1)C(=O)Nc1ccc(Br)cc1. The van der Waals surface area contributed by atoms with Crippen LogP contribution in [0.25, 0.3) is 0 Å². The first-order chi connectivity index (χ1) is 15.3. The largest absolute Gasteiger partial charge is 0.423 e. The van der Waals surface area contributed by atoms with Crippen LogP contribution in [0.4, 0.5) is 5.69 Å². The Balaban J connectivity index is 1.52. The van der Waals surface area contributed by atoms with E-state index in [0.717, 1.165) is 4.47 Å². The lowest BCUT2D eigenvalue weighted by molar-refractivity contribution is -0.136. The Kier molecular flexibility index (Phi) is 7.99. The van der Waals surface area contributed by atoms with Crippen molar-refractivity contribution in [1.29, 1.82) is 0 Å². The predicted molar refractivity (Wildman–Crippen MR) is 126 cm³/mol. The summed E-state index contributed by atoms with van der Waals surface area (Å²) < 4.78 is 6.12. The Morgan fingerprint density at radius 1 is 0.906 bits per heavy atom. The van der Waals surface area contributed by atoms with Gasteiger partial charge in [-0.2, -0.15) is 5.10 Å². The molecule has 0 atom stereocenters. The molecule has 7 nitrogen and oxygen atoms in total. The zero-order valence-corrected chi connectivity index (χ0v) is 19.2. The van der Waals surface area contributed by atoms with Crippen LogP contribution in [-0.2, 0) is 9.59 Å². The molecule has 3 aromatic carbocycles. The van der Waals surface area contributed by atoms with Gasteiger partial charge in [0, 0.05) is 15.2 Å². The molecule has 3 aromatic rings. The van der Waals surface area contributed by atoms with Crippen LogP contribution >= 0.6 is 39.1 Å². The fourth-order valence-corrected chi connectivity index (χ4v) is 3.13. The zero-order valence-electron chi connectivity index (χ0n) is 16.1.